The normalized spacial score (nSPS) is 14.8. The highest BCUT2D eigenvalue weighted by Crippen LogP contribution is 2.30. The van der Waals surface area contributed by atoms with Crippen LogP contribution in [0.25, 0.3) is 0 Å². The second kappa shape index (κ2) is 5.85. The highest BCUT2D eigenvalue weighted by atomic mass is 79.9. The van der Waals surface area contributed by atoms with Crippen molar-refractivity contribution in [2.24, 2.45) is 5.92 Å². The van der Waals surface area contributed by atoms with Crippen molar-refractivity contribution in [1.29, 1.82) is 0 Å². The molecule has 17 heavy (non-hydrogen) atoms. The molecule has 0 bridgehead atoms. The van der Waals surface area contributed by atoms with Crippen molar-refractivity contribution in [1.82, 2.24) is 0 Å². The van der Waals surface area contributed by atoms with E-state index >= 15 is 0 Å². The van der Waals surface area contributed by atoms with Crippen LogP contribution in [0, 0.1) is 5.92 Å². The second-order valence-corrected chi connectivity index (χ2v) is 5.54. The molecule has 3 nitrogen and oxygen atoms in total. The number of aliphatic hydroxyl groups is 2. The third-order valence-electron chi connectivity index (χ3n) is 2.97. The van der Waals surface area contributed by atoms with Gasteiger partial charge in [-0.15, -0.1) is 0 Å². The van der Waals surface area contributed by atoms with Crippen LogP contribution < -0.4 is 4.74 Å². The van der Waals surface area contributed by atoms with Gasteiger partial charge in [-0.2, -0.15) is 0 Å². The van der Waals surface area contributed by atoms with Crippen molar-refractivity contribution in [2.45, 2.75) is 33.0 Å². The highest BCUT2D eigenvalue weighted by Gasteiger charge is 2.26. The molecule has 0 saturated carbocycles. The second-order valence-electron chi connectivity index (χ2n) is 4.69. The molecule has 0 aromatic heterocycles. The van der Waals surface area contributed by atoms with Crippen LogP contribution in [0.4, 0.5) is 0 Å². The lowest BCUT2D eigenvalue weighted by Gasteiger charge is -2.28. The minimum absolute atomic E-state index is 0.0847. The zero-order valence-electron chi connectivity index (χ0n) is 10.4. The zero-order chi connectivity index (χ0) is 13.1. The number of hydrogen-bond acceptors (Lipinski definition) is 3. The Hall–Kier alpha value is -0.580. The molecule has 1 unspecified atom stereocenters. The molecule has 0 aliphatic heterocycles. The number of aliphatic hydroxyl groups excluding tert-OH is 1. The fourth-order valence-electron chi connectivity index (χ4n) is 1.22. The van der Waals surface area contributed by atoms with Crippen LogP contribution in [0.2, 0.25) is 0 Å². The molecule has 1 aromatic carbocycles. The zero-order valence-corrected chi connectivity index (χ0v) is 12.0. The number of hydrogen-bond donors (Lipinski definition) is 2. The Balaban J connectivity index is 2.82. The summed E-state index contributed by atoms with van der Waals surface area (Å²) < 4.78 is 6.41. The molecular weight excluding hydrogens is 284 g/mol. The van der Waals surface area contributed by atoms with Gasteiger partial charge >= 0.3 is 0 Å². The molecule has 1 rings (SSSR count). The highest BCUT2D eigenvalue weighted by molar-refractivity contribution is 9.10. The molecule has 0 spiro atoms. The van der Waals surface area contributed by atoms with E-state index in [-0.39, 0.29) is 19.1 Å². The molecule has 4 heteroatoms. The van der Waals surface area contributed by atoms with Crippen LogP contribution in [0.3, 0.4) is 0 Å². The summed E-state index contributed by atoms with van der Waals surface area (Å²) in [6, 6.07) is 5.48. The maximum absolute atomic E-state index is 10.1. The van der Waals surface area contributed by atoms with Gasteiger partial charge < -0.3 is 14.9 Å². The maximum atomic E-state index is 10.1. The first-order chi connectivity index (χ1) is 7.88. The quantitative estimate of drug-likeness (QED) is 0.879. The molecule has 0 aliphatic carbocycles. The Kier molecular flexibility index (Phi) is 4.98. The van der Waals surface area contributed by atoms with Gasteiger partial charge in [-0.3, -0.25) is 0 Å². The van der Waals surface area contributed by atoms with Crippen molar-refractivity contribution >= 4 is 15.9 Å². The lowest BCUT2D eigenvalue weighted by Crippen LogP contribution is -2.38. The van der Waals surface area contributed by atoms with Crippen molar-refractivity contribution in [3.63, 3.8) is 0 Å². The molecule has 2 N–H and O–H groups in total. The fraction of sp³-hybridized carbons (Fsp3) is 0.538. The Labute approximate surface area is 111 Å². The largest absolute Gasteiger partial charge is 0.489 e. The SMILES string of the molecule is CC(C)C(C)(O)COc1c(Br)cccc1CO. The summed E-state index contributed by atoms with van der Waals surface area (Å²) in [5, 5.41) is 19.3. The van der Waals surface area contributed by atoms with E-state index in [4.69, 9.17) is 4.74 Å². The summed E-state index contributed by atoms with van der Waals surface area (Å²) >= 11 is 3.37. The van der Waals surface area contributed by atoms with E-state index in [0.717, 1.165) is 4.47 Å². The van der Waals surface area contributed by atoms with Gasteiger partial charge in [-0.25, -0.2) is 0 Å². The van der Waals surface area contributed by atoms with Gasteiger partial charge in [0, 0.05) is 5.56 Å². The average molecular weight is 303 g/mol. The summed E-state index contributed by atoms with van der Waals surface area (Å²) in [5.41, 5.74) is -0.180. The molecule has 0 fully saturated rings. The molecular formula is C13H19BrO3. The van der Waals surface area contributed by atoms with Crippen LogP contribution in [0.15, 0.2) is 22.7 Å². The van der Waals surface area contributed by atoms with Crippen LogP contribution in [0.1, 0.15) is 26.3 Å². The molecule has 0 amide bonds. The Bertz CT molecular complexity index is 375. The van der Waals surface area contributed by atoms with Gasteiger partial charge in [-0.05, 0) is 34.8 Å². The number of para-hydroxylation sites is 1. The van der Waals surface area contributed by atoms with Crippen LogP contribution >= 0.6 is 15.9 Å². The summed E-state index contributed by atoms with van der Waals surface area (Å²) in [6.07, 6.45) is 0. The smallest absolute Gasteiger partial charge is 0.139 e. The molecule has 1 aromatic rings. The Morgan fingerprint density at radius 3 is 2.59 bits per heavy atom. The predicted octanol–water partition coefficient (Wildman–Crippen LogP) is 2.73. The van der Waals surface area contributed by atoms with Crippen LogP contribution in [0.5, 0.6) is 5.75 Å². The van der Waals surface area contributed by atoms with Gasteiger partial charge in [0.1, 0.15) is 12.4 Å². The lowest BCUT2D eigenvalue weighted by atomic mass is 9.94. The van der Waals surface area contributed by atoms with E-state index in [9.17, 15) is 10.2 Å². The van der Waals surface area contributed by atoms with Crippen molar-refractivity contribution in [3.05, 3.63) is 28.2 Å². The average Bonchev–Trinajstić information content (AvgIpc) is 2.26. The first kappa shape index (κ1) is 14.5. The Morgan fingerprint density at radius 1 is 1.41 bits per heavy atom. The van der Waals surface area contributed by atoms with Gasteiger partial charge in [0.05, 0.1) is 16.7 Å². The predicted molar refractivity (Wildman–Crippen MR) is 71.0 cm³/mol. The van der Waals surface area contributed by atoms with E-state index < -0.39 is 5.60 Å². The number of halogens is 1. The molecule has 96 valence electrons. The standard InChI is InChI=1S/C13H19BrO3/c1-9(2)13(3,16)8-17-12-10(7-15)5-4-6-11(12)14/h4-6,9,15-16H,7-8H2,1-3H3. The van der Waals surface area contributed by atoms with E-state index in [1.807, 2.05) is 26.0 Å². The molecule has 0 aliphatic rings. The summed E-state index contributed by atoms with van der Waals surface area (Å²) in [5.74, 6) is 0.693. The van der Waals surface area contributed by atoms with Crippen molar-refractivity contribution in [3.8, 4) is 5.75 Å². The first-order valence-electron chi connectivity index (χ1n) is 5.62. The van der Waals surface area contributed by atoms with Gasteiger partial charge in [0.15, 0.2) is 0 Å². The first-order valence-corrected chi connectivity index (χ1v) is 6.41. The van der Waals surface area contributed by atoms with Crippen molar-refractivity contribution < 1.29 is 14.9 Å². The summed E-state index contributed by atoms with van der Waals surface area (Å²) in [4.78, 5) is 0. The summed E-state index contributed by atoms with van der Waals surface area (Å²) in [7, 11) is 0. The van der Waals surface area contributed by atoms with Crippen molar-refractivity contribution in [2.75, 3.05) is 6.61 Å². The summed E-state index contributed by atoms with van der Waals surface area (Å²) in [6.45, 7) is 5.73. The van der Waals surface area contributed by atoms with E-state index in [2.05, 4.69) is 15.9 Å². The van der Waals surface area contributed by atoms with E-state index in [1.165, 1.54) is 0 Å². The Morgan fingerprint density at radius 2 is 2.06 bits per heavy atom. The minimum atomic E-state index is -0.887. The van der Waals surface area contributed by atoms with Gasteiger partial charge in [0.25, 0.3) is 0 Å². The third kappa shape index (κ3) is 3.69. The van der Waals surface area contributed by atoms with Gasteiger partial charge in [0.2, 0.25) is 0 Å². The fourth-order valence-corrected chi connectivity index (χ4v) is 1.75. The third-order valence-corrected chi connectivity index (χ3v) is 3.60. The van der Waals surface area contributed by atoms with E-state index in [0.29, 0.717) is 11.3 Å². The molecule has 0 saturated heterocycles. The molecule has 0 radical (unpaired) electrons. The van der Waals surface area contributed by atoms with E-state index in [1.54, 1.807) is 13.0 Å². The van der Waals surface area contributed by atoms with Crippen LogP contribution in [-0.4, -0.2) is 22.4 Å². The monoisotopic (exact) mass is 302 g/mol. The maximum Gasteiger partial charge on any atom is 0.139 e. The number of rotatable bonds is 5. The number of ether oxygens (including phenoxy) is 1. The molecule has 0 heterocycles. The topological polar surface area (TPSA) is 49.7 Å². The lowest BCUT2D eigenvalue weighted by molar-refractivity contribution is -0.0272. The van der Waals surface area contributed by atoms with Gasteiger partial charge in [-0.1, -0.05) is 26.0 Å². The minimum Gasteiger partial charge on any atom is -0.489 e. The number of benzene rings is 1. The van der Waals surface area contributed by atoms with Crippen LogP contribution in [-0.2, 0) is 6.61 Å². The molecule has 1 atom stereocenters.